The minimum atomic E-state index is -0.274. The van der Waals surface area contributed by atoms with E-state index < -0.39 is 0 Å². The number of piperazine rings is 1. The Hall–Kier alpha value is -1.55. The van der Waals surface area contributed by atoms with Gasteiger partial charge in [-0.1, -0.05) is 25.8 Å². The fraction of sp³-hybridized carbons (Fsp3) is 0.562. The Morgan fingerprint density at radius 2 is 2.35 bits per heavy atom. The zero-order valence-electron chi connectivity index (χ0n) is 12.4. The molecular weight excluding hydrogens is 252 g/mol. The van der Waals surface area contributed by atoms with Crippen LogP contribution in [0.5, 0.6) is 0 Å². The lowest BCUT2D eigenvalue weighted by molar-refractivity contribution is 0.0601. The van der Waals surface area contributed by atoms with Gasteiger partial charge in [0, 0.05) is 31.4 Å². The average molecular weight is 276 g/mol. The predicted octanol–water partition coefficient (Wildman–Crippen LogP) is 2.44. The summed E-state index contributed by atoms with van der Waals surface area (Å²) in [6.07, 6.45) is 3.70. The Kier molecular flexibility index (Phi) is 5.41. The van der Waals surface area contributed by atoms with Crippen LogP contribution >= 0.6 is 0 Å². The Morgan fingerprint density at radius 1 is 1.50 bits per heavy atom. The average Bonchev–Trinajstić information content (AvgIpc) is 2.52. The number of esters is 1. The van der Waals surface area contributed by atoms with Crippen LogP contribution < -0.4 is 10.2 Å². The first-order valence-electron chi connectivity index (χ1n) is 7.41. The molecular formula is C16H24N2O2. The number of ether oxygens (including phenoxy) is 1. The molecule has 1 N–H and O–H groups in total. The highest BCUT2D eigenvalue weighted by Gasteiger charge is 2.19. The van der Waals surface area contributed by atoms with Crippen LogP contribution in [0.15, 0.2) is 24.3 Å². The van der Waals surface area contributed by atoms with Crippen molar-refractivity contribution in [3.05, 3.63) is 29.8 Å². The van der Waals surface area contributed by atoms with E-state index in [0.717, 1.165) is 25.3 Å². The second-order valence-corrected chi connectivity index (χ2v) is 5.28. The highest BCUT2D eigenvalue weighted by Crippen LogP contribution is 2.19. The molecule has 1 aliphatic rings. The molecule has 0 bridgehead atoms. The van der Waals surface area contributed by atoms with Gasteiger partial charge in [-0.2, -0.15) is 0 Å². The van der Waals surface area contributed by atoms with Gasteiger partial charge in [0.05, 0.1) is 12.7 Å². The van der Waals surface area contributed by atoms with Crippen molar-refractivity contribution in [1.29, 1.82) is 0 Å². The van der Waals surface area contributed by atoms with Crippen LogP contribution in [-0.2, 0) is 4.74 Å². The van der Waals surface area contributed by atoms with E-state index in [-0.39, 0.29) is 5.97 Å². The molecule has 0 spiro atoms. The predicted molar refractivity (Wildman–Crippen MR) is 81.3 cm³/mol. The number of hydrogen-bond donors (Lipinski definition) is 1. The summed E-state index contributed by atoms with van der Waals surface area (Å²) in [5, 5.41) is 3.57. The van der Waals surface area contributed by atoms with Crippen LogP contribution in [0, 0.1) is 0 Å². The van der Waals surface area contributed by atoms with E-state index in [2.05, 4.69) is 23.2 Å². The molecule has 0 aliphatic carbocycles. The van der Waals surface area contributed by atoms with Gasteiger partial charge in [0.15, 0.2) is 0 Å². The summed E-state index contributed by atoms with van der Waals surface area (Å²) < 4.78 is 4.78. The van der Waals surface area contributed by atoms with E-state index >= 15 is 0 Å². The van der Waals surface area contributed by atoms with E-state index in [0.29, 0.717) is 11.6 Å². The molecule has 0 unspecified atom stereocenters. The van der Waals surface area contributed by atoms with Gasteiger partial charge in [0.25, 0.3) is 0 Å². The number of nitrogens with one attached hydrogen (secondary N) is 1. The van der Waals surface area contributed by atoms with Crippen LogP contribution in [0.3, 0.4) is 0 Å². The summed E-state index contributed by atoms with van der Waals surface area (Å²) in [5.74, 6) is -0.274. The minimum absolute atomic E-state index is 0.274. The molecule has 0 aromatic heterocycles. The zero-order chi connectivity index (χ0) is 14.4. The Bertz CT molecular complexity index is 448. The highest BCUT2D eigenvalue weighted by molar-refractivity contribution is 5.90. The molecule has 1 aromatic rings. The number of methoxy groups -OCH3 is 1. The fourth-order valence-electron chi connectivity index (χ4n) is 2.65. The van der Waals surface area contributed by atoms with Gasteiger partial charge in [-0.15, -0.1) is 0 Å². The number of carbonyl (C=O) groups excluding carboxylic acids is 1. The number of rotatable bonds is 5. The number of carbonyl (C=O) groups is 1. The first kappa shape index (κ1) is 14.9. The Balaban J connectivity index is 2.04. The number of unbranched alkanes of at least 4 members (excludes halogenated alkanes) is 1. The number of anilines is 1. The molecule has 1 saturated heterocycles. The molecule has 0 amide bonds. The molecule has 0 radical (unpaired) electrons. The third kappa shape index (κ3) is 3.73. The number of hydrogen-bond acceptors (Lipinski definition) is 4. The van der Waals surface area contributed by atoms with E-state index in [4.69, 9.17) is 4.74 Å². The summed E-state index contributed by atoms with van der Waals surface area (Å²) in [4.78, 5) is 14.0. The molecule has 0 saturated carbocycles. The maximum Gasteiger partial charge on any atom is 0.337 e. The lowest BCUT2D eigenvalue weighted by Crippen LogP contribution is -2.50. The summed E-state index contributed by atoms with van der Waals surface area (Å²) in [7, 11) is 1.42. The summed E-state index contributed by atoms with van der Waals surface area (Å²) in [6, 6.07) is 8.25. The Morgan fingerprint density at radius 3 is 3.10 bits per heavy atom. The van der Waals surface area contributed by atoms with Gasteiger partial charge in [0.2, 0.25) is 0 Å². The molecule has 1 fully saturated rings. The van der Waals surface area contributed by atoms with Gasteiger partial charge in [-0.3, -0.25) is 0 Å². The van der Waals surface area contributed by atoms with Gasteiger partial charge < -0.3 is 15.0 Å². The second-order valence-electron chi connectivity index (χ2n) is 5.28. The Labute approximate surface area is 121 Å². The largest absolute Gasteiger partial charge is 0.465 e. The van der Waals surface area contributed by atoms with E-state index in [1.165, 1.54) is 26.4 Å². The van der Waals surface area contributed by atoms with Crippen molar-refractivity contribution in [2.45, 2.75) is 32.2 Å². The van der Waals surface area contributed by atoms with Crippen LogP contribution in [0.4, 0.5) is 5.69 Å². The SMILES string of the molecule is CCCC[C@@H]1CN(c2cccc(C(=O)OC)c2)CCN1. The molecule has 110 valence electrons. The van der Waals surface area contributed by atoms with Crippen molar-refractivity contribution in [1.82, 2.24) is 5.32 Å². The van der Waals surface area contributed by atoms with Crippen molar-refractivity contribution in [3.8, 4) is 0 Å². The van der Waals surface area contributed by atoms with Crippen molar-refractivity contribution in [2.75, 3.05) is 31.6 Å². The quantitative estimate of drug-likeness (QED) is 0.839. The molecule has 4 nitrogen and oxygen atoms in total. The maximum atomic E-state index is 11.6. The monoisotopic (exact) mass is 276 g/mol. The number of nitrogens with zero attached hydrogens (tertiary/aromatic N) is 1. The smallest absolute Gasteiger partial charge is 0.337 e. The molecule has 20 heavy (non-hydrogen) atoms. The normalized spacial score (nSPS) is 18.9. The van der Waals surface area contributed by atoms with Crippen molar-refractivity contribution in [3.63, 3.8) is 0 Å². The van der Waals surface area contributed by atoms with Crippen molar-refractivity contribution < 1.29 is 9.53 Å². The second kappa shape index (κ2) is 7.29. The van der Waals surface area contributed by atoms with Crippen LogP contribution in [0.1, 0.15) is 36.5 Å². The molecule has 1 aromatic carbocycles. The molecule has 1 atom stereocenters. The van der Waals surface area contributed by atoms with Gasteiger partial charge in [-0.05, 0) is 24.6 Å². The van der Waals surface area contributed by atoms with Crippen LogP contribution in [-0.4, -0.2) is 38.8 Å². The van der Waals surface area contributed by atoms with Gasteiger partial charge in [0.1, 0.15) is 0 Å². The highest BCUT2D eigenvalue weighted by atomic mass is 16.5. The van der Waals surface area contributed by atoms with Gasteiger partial charge in [-0.25, -0.2) is 4.79 Å². The summed E-state index contributed by atoms with van der Waals surface area (Å²) >= 11 is 0. The first-order valence-corrected chi connectivity index (χ1v) is 7.41. The molecule has 4 heteroatoms. The van der Waals surface area contributed by atoms with Crippen molar-refractivity contribution >= 4 is 11.7 Å². The van der Waals surface area contributed by atoms with Crippen molar-refractivity contribution in [2.24, 2.45) is 0 Å². The third-order valence-electron chi connectivity index (χ3n) is 3.79. The third-order valence-corrected chi connectivity index (χ3v) is 3.79. The summed E-state index contributed by atoms with van der Waals surface area (Å²) in [6.45, 7) is 5.20. The van der Waals surface area contributed by atoms with Crippen LogP contribution in [0.25, 0.3) is 0 Å². The van der Waals surface area contributed by atoms with E-state index in [1.54, 1.807) is 6.07 Å². The first-order chi connectivity index (χ1) is 9.74. The maximum absolute atomic E-state index is 11.6. The topological polar surface area (TPSA) is 41.6 Å². The fourth-order valence-corrected chi connectivity index (χ4v) is 2.65. The summed E-state index contributed by atoms with van der Waals surface area (Å²) in [5.41, 5.74) is 1.73. The van der Waals surface area contributed by atoms with E-state index in [9.17, 15) is 4.79 Å². The number of benzene rings is 1. The molecule has 1 heterocycles. The molecule has 1 aliphatic heterocycles. The van der Waals surface area contributed by atoms with E-state index in [1.807, 2.05) is 12.1 Å². The lowest BCUT2D eigenvalue weighted by Gasteiger charge is -2.35. The van der Waals surface area contributed by atoms with Gasteiger partial charge >= 0.3 is 5.97 Å². The zero-order valence-corrected chi connectivity index (χ0v) is 12.4. The minimum Gasteiger partial charge on any atom is -0.465 e. The lowest BCUT2D eigenvalue weighted by atomic mass is 10.1. The standard InChI is InChI=1S/C16H24N2O2/c1-3-4-7-14-12-18(10-9-17-14)15-8-5-6-13(11-15)16(19)20-2/h5-6,8,11,14,17H,3-4,7,9-10,12H2,1-2H3/t14-/m1/s1. The van der Waals surface area contributed by atoms with Crippen LogP contribution in [0.2, 0.25) is 0 Å². The molecule has 2 rings (SSSR count).